The van der Waals surface area contributed by atoms with Gasteiger partial charge in [0.05, 0.1) is 18.5 Å². The van der Waals surface area contributed by atoms with E-state index in [1.54, 1.807) is 31.3 Å². The van der Waals surface area contributed by atoms with Gasteiger partial charge in [-0.25, -0.2) is 8.42 Å². The number of amides is 1. The summed E-state index contributed by atoms with van der Waals surface area (Å²) < 4.78 is 29.6. The van der Waals surface area contributed by atoms with Crippen molar-refractivity contribution in [3.63, 3.8) is 0 Å². The van der Waals surface area contributed by atoms with Crippen LogP contribution in [0.25, 0.3) is 11.4 Å². The Hall–Kier alpha value is -3.20. The number of aromatic nitrogens is 2. The number of hydrogen-bond acceptors (Lipinski definition) is 6. The summed E-state index contributed by atoms with van der Waals surface area (Å²) in [5.41, 5.74) is 2.84. The molecule has 0 aliphatic carbocycles. The monoisotopic (exact) mass is 414 g/mol. The Morgan fingerprint density at radius 2 is 1.79 bits per heavy atom. The molecular formula is C20H22N4O4S. The van der Waals surface area contributed by atoms with Crippen molar-refractivity contribution in [3.8, 4) is 11.4 Å². The molecule has 1 heterocycles. The van der Waals surface area contributed by atoms with E-state index in [2.05, 4.69) is 10.1 Å². The number of hydrogen-bond donors (Lipinski definition) is 0. The molecular weight excluding hydrogens is 392 g/mol. The van der Waals surface area contributed by atoms with Crippen LogP contribution in [0.5, 0.6) is 0 Å². The van der Waals surface area contributed by atoms with E-state index in [-0.39, 0.29) is 12.5 Å². The Balaban J connectivity index is 1.70. The highest BCUT2D eigenvalue weighted by Crippen LogP contribution is 2.19. The van der Waals surface area contributed by atoms with Crippen molar-refractivity contribution in [2.45, 2.75) is 13.5 Å². The van der Waals surface area contributed by atoms with E-state index in [0.717, 1.165) is 21.7 Å². The molecule has 9 heteroatoms. The van der Waals surface area contributed by atoms with Crippen molar-refractivity contribution in [1.29, 1.82) is 0 Å². The van der Waals surface area contributed by atoms with Crippen LogP contribution in [0.15, 0.2) is 53.1 Å². The van der Waals surface area contributed by atoms with Gasteiger partial charge in [0.25, 0.3) is 5.91 Å². The number of sulfonamides is 1. The molecule has 0 unspecified atom stereocenters. The minimum Gasteiger partial charge on any atom is -0.337 e. The van der Waals surface area contributed by atoms with Gasteiger partial charge in [-0.1, -0.05) is 28.9 Å². The Morgan fingerprint density at radius 3 is 2.41 bits per heavy atom. The molecule has 0 bridgehead atoms. The van der Waals surface area contributed by atoms with E-state index >= 15 is 0 Å². The van der Waals surface area contributed by atoms with Crippen molar-refractivity contribution in [2.24, 2.45) is 0 Å². The normalized spacial score (nSPS) is 11.3. The molecule has 0 fully saturated rings. The summed E-state index contributed by atoms with van der Waals surface area (Å²) in [5.74, 6) is 0.553. The number of benzene rings is 2. The van der Waals surface area contributed by atoms with Crippen LogP contribution in [0.3, 0.4) is 0 Å². The lowest BCUT2D eigenvalue weighted by Gasteiger charge is -2.18. The minimum atomic E-state index is -3.36. The smallest absolute Gasteiger partial charge is 0.254 e. The second kappa shape index (κ2) is 8.04. The fourth-order valence-corrected chi connectivity index (χ4v) is 3.23. The summed E-state index contributed by atoms with van der Waals surface area (Å²) in [5, 5.41) is 3.98. The van der Waals surface area contributed by atoms with Gasteiger partial charge in [-0.3, -0.25) is 9.10 Å². The summed E-state index contributed by atoms with van der Waals surface area (Å²) in [7, 11) is -0.267. The molecule has 3 aromatic rings. The highest BCUT2D eigenvalue weighted by Gasteiger charge is 2.17. The van der Waals surface area contributed by atoms with Gasteiger partial charge >= 0.3 is 0 Å². The molecule has 1 amide bonds. The van der Waals surface area contributed by atoms with Gasteiger partial charge in [-0.2, -0.15) is 4.98 Å². The fraction of sp³-hybridized carbons (Fsp3) is 0.250. The predicted octanol–water partition coefficient (Wildman–Crippen LogP) is 2.71. The van der Waals surface area contributed by atoms with E-state index < -0.39 is 10.0 Å². The summed E-state index contributed by atoms with van der Waals surface area (Å²) in [6.07, 6.45) is 1.12. The second-order valence-corrected chi connectivity index (χ2v) is 8.83. The van der Waals surface area contributed by atoms with Gasteiger partial charge < -0.3 is 9.42 Å². The number of carbonyl (C=O) groups is 1. The Kier molecular flexibility index (Phi) is 5.69. The van der Waals surface area contributed by atoms with E-state index in [4.69, 9.17) is 4.52 Å². The van der Waals surface area contributed by atoms with Gasteiger partial charge in [0.15, 0.2) is 0 Å². The lowest BCUT2D eigenvalue weighted by molar-refractivity contribution is 0.0769. The highest BCUT2D eigenvalue weighted by atomic mass is 32.2. The maximum Gasteiger partial charge on any atom is 0.254 e. The molecule has 0 aliphatic heterocycles. The number of anilines is 1. The molecule has 0 saturated heterocycles. The van der Waals surface area contributed by atoms with Crippen LogP contribution in [-0.2, 0) is 16.6 Å². The summed E-state index contributed by atoms with van der Waals surface area (Å²) in [6, 6.07) is 14.1. The highest BCUT2D eigenvalue weighted by molar-refractivity contribution is 7.92. The molecule has 29 heavy (non-hydrogen) atoms. The molecule has 0 N–H and O–H groups in total. The van der Waals surface area contributed by atoms with Gasteiger partial charge in [-0.15, -0.1) is 0 Å². The Morgan fingerprint density at radius 1 is 1.10 bits per heavy atom. The third kappa shape index (κ3) is 4.80. The number of aryl methyl sites for hydroxylation is 1. The zero-order valence-corrected chi connectivity index (χ0v) is 17.5. The van der Waals surface area contributed by atoms with Crippen molar-refractivity contribution >= 4 is 21.6 Å². The number of carbonyl (C=O) groups excluding carboxylic acids is 1. The largest absolute Gasteiger partial charge is 0.337 e. The molecule has 0 aliphatic rings. The van der Waals surface area contributed by atoms with Gasteiger partial charge in [0.2, 0.25) is 21.7 Å². The van der Waals surface area contributed by atoms with Gasteiger partial charge in [0, 0.05) is 25.2 Å². The van der Waals surface area contributed by atoms with Crippen molar-refractivity contribution in [3.05, 3.63) is 65.5 Å². The van der Waals surface area contributed by atoms with Crippen molar-refractivity contribution < 1.29 is 17.7 Å². The first kappa shape index (κ1) is 20.5. The lowest BCUT2D eigenvalue weighted by atomic mass is 10.1. The van der Waals surface area contributed by atoms with Crippen LogP contribution < -0.4 is 4.31 Å². The third-order valence-corrected chi connectivity index (χ3v) is 5.64. The molecule has 0 atom stereocenters. The van der Waals surface area contributed by atoms with Gasteiger partial charge in [-0.05, 0) is 37.3 Å². The first-order valence-corrected chi connectivity index (χ1v) is 10.7. The standard InChI is InChI=1S/C20H22N4O4S/c1-14-6-5-7-16(12-14)19-21-18(28-22-19)13-23(2)20(25)15-8-10-17(11-9-15)24(3)29(4,26)27/h5-12H,13H2,1-4H3. The molecule has 152 valence electrons. The maximum atomic E-state index is 12.7. The Bertz CT molecular complexity index is 1120. The average molecular weight is 414 g/mol. The Labute approximate surface area is 169 Å². The topological polar surface area (TPSA) is 96.6 Å². The summed E-state index contributed by atoms with van der Waals surface area (Å²) in [6.45, 7) is 2.14. The SMILES string of the molecule is Cc1cccc(-c2noc(CN(C)C(=O)c3ccc(N(C)S(C)(=O)=O)cc3)n2)c1. The number of rotatable bonds is 6. The second-order valence-electron chi connectivity index (χ2n) is 6.82. The van der Waals surface area contributed by atoms with Crippen LogP contribution in [0, 0.1) is 6.92 Å². The van der Waals surface area contributed by atoms with E-state index in [1.807, 2.05) is 31.2 Å². The zero-order chi connectivity index (χ0) is 21.2. The summed E-state index contributed by atoms with van der Waals surface area (Å²) in [4.78, 5) is 18.5. The summed E-state index contributed by atoms with van der Waals surface area (Å²) >= 11 is 0. The molecule has 2 aromatic carbocycles. The van der Waals surface area contributed by atoms with Gasteiger partial charge in [0.1, 0.15) is 0 Å². The fourth-order valence-electron chi connectivity index (χ4n) is 2.72. The first-order valence-electron chi connectivity index (χ1n) is 8.84. The van der Waals surface area contributed by atoms with Crippen LogP contribution in [0.2, 0.25) is 0 Å². The lowest BCUT2D eigenvalue weighted by Crippen LogP contribution is -2.27. The minimum absolute atomic E-state index is 0.155. The molecule has 8 nitrogen and oxygen atoms in total. The van der Waals surface area contributed by atoms with Crippen LogP contribution in [0.1, 0.15) is 21.8 Å². The quantitative estimate of drug-likeness (QED) is 0.615. The molecule has 0 saturated carbocycles. The predicted molar refractivity (Wildman–Crippen MR) is 110 cm³/mol. The zero-order valence-electron chi connectivity index (χ0n) is 16.7. The van der Waals surface area contributed by atoms with E-state index in [0.29, 0.717) is 23.0 Å². The van der Waals surface area contributed by atoms with Crippen LogP contribution in [0.4, 0.5) is 5.69 Å². The van der Waals surface area contributed by atoms with Crippen molar-refractivity contribution in [2.75, 3.05) is 24.7 Å². The molecule has 0 spiro atoms. The maximum absolute atomic E-state index is 12.7. The van der Waals surface area contributed by atoms with Crippen LogP contribution in [-0.4, -0.2) is 49.7 Å². The molecule has 1 aromatic heterocycles. The number of nitrogens with zero attached hydrogens (tertiary/aromatic N) is 4. The average Bonchev–Trinajstić information content (AvgIpc) is 3.14. The van der Waals surface area contributed by atoms with Crippen LogP contribution >= 0.6 is 0 Å². The molecule has 3 rings (SSSR count). The van der Waals surface area contributed by atoms with Crippen molar-refractivity contribution in [1.82, 2.24) is 15.0 Å². The van der Waals surface area contributed by atoms with E-state index in [1.165, 1.54) is 11.9 Å². The van der Waals surface area contributed by atoms with E-state index in [9.17, 15) is 13.2 Å². The molecule has 0 radical (unpaired) electrons. The first-order chi connectivity index (χ1) is 13.6. The third-order valence-electron chi connectivity index (χ3n) is 4.44.